The molecule has 0 fully saturated rings. The van der Waals surface area contributed by atoms with Gasteiger partial charge < -0.3 is 13.9 Å². The Hall–Kier alpha value is -3.65. The number of benzene rings is 2. The number of carbonyl (C=O) groups is 1. The van der Waals surface area contributed by atoms with E-state index in [1.807, 2.05) is 38.1 Å². The topological polar surface area (TPSA) is 81.9 Å². The van der Waals surface area contributed by atoms with Crippen molar-refractivity contribution in [1.82, 2.24) is 4.98 Å². The molecule has 2 aromatic carbocycles. The fraction of sp³-hybridized carbons (Fsp3) is 0.208. The van der Waals surface area contributed by atoms with Crippen molar-refractivity contribution in [2.45, 2.75) is 26.0 Å². The third-order valence-corrected chi connectivity index (χ3v) is 6.04. The predicted molar refractivity (Wildman–Crippen MR) is 122 cm³/mol. The van der Waals surface area contributed by atoms with Crippen LogP contribution >= 0.6 is 11.3 Å². The molecule has 1 amide bonds. The molecule has 0 saturated heterocycles. The largest absolute Gasteiger partial charge is 0.497 e. The Kier molecular flexibility index (Phi) is 4.94. The summed E-state index contributed by atoms with van der Waals surface area (Å²) in [6.07, 6.45) is 1.67. The van der Waals surface area contributed by atoms with Gasteiger partial charge >= 0.3 is 0 Å². The second-order valence-corrected chi connectivity index (χ2v) is 8.54. The smallest absolute Gasteiger partial charge is 0.297 e. The molecule has 7 nitrogen and oxygen atoms in total. The summed E-state index contributed by atoms with van der Waals surface area (Å²) in [5.74, 6) is 0.884. The van der Waals surface area contributed by atoms with Crippen molar-refractivity contribution >= 4 is 33.3 Å². The Balaban J connectivity index is 1.72. The average Bonchev–Trinajstić information content (AvgIpc) is 3.40. The molecule has 1 aliphatic heterocycles. The van der Waals surface area contributed by atoms with E-state index in [0.717, 1.165) is 5.56 Å². The minimum atomic E-state index is -0.653. The molecule has 0 radical (unpaired) electrons. The standard InChI is InChI=1S/C24H20N2O5S/c1-13(2)30-15-6-4-14(5-7-15)20-19-21(27)17-9-8-16(29-3)12-18(17)31-22(19)23(28)26(20)24-25-10-11-32-24/h4-13,20H,1-3H3. The van der Waals surface area contributed by atoms with Crippen LogP contribution in [0.15, 0.2) is 63.3 Å². The molecule has 1 aliphatic rings. The van der Waals surface area contributed by atoms with Gasteiger partial charge in [-0.2, -0.15) is 0 Å². The first-order valence-corrected chi connectivity index (χ1v) is 11.0. The Morgan fingerprint density at radius 1 is 1.09 bits per heavy atom. The molecule has 8 heteroatoms. The molecule has 32 heavy (non-hydrogen) atoms. The number of hydrogen-bond acceptors (Lipinski definition) is 7. The number of amides is 1. The minimum Gasteiger partial charge on any atom is -0.497 e. The van der Waals surface area contributed by atoms with E-state index in [0.29, 0.717) is 33.2 Å². The monoisotopic (exact) mass is 448 g/mol. The maximum atomic E-state index is 13.6. The summed E-state index contributed by atoms with van der Waals surface area (Å²) < 4.78 is 17.0. The number of methoxy groups -OCH3 is 1. The molecule has 1 unspecified atom stereocenters. The molecule has 5 rings (SSSR count). The molecular formula is C24H20N2O5S. The number of rotatable bonds is 5. The Morgan fingerprint density at radius 3 is 2.50 bits per heavy atom. The quantitative estimate of drug-likeness (QED) is 0.436. The van der Waals surface area contributed by atoms with Crippen LogP contribution in [0.3, 0.4) is 0 Å². The first kappa shape index (κ1) is 20.3. The van der Waals surface area contributed by atoms with Crippen LogP contribution in [0.25, 0.3) is 11.0 Å². The van der Waals surface area contributed by atoms with Crippen molar-refractivity contribution in [1.29, 1.82) is 0 Å². The number of fused-ring (bicyclic) bond motifs is 2. The van der Waals surface area contributed by atoms with Gasteiger partial charge in [0.05, 0.1) is 30.2 Å². The molecule has 0 spiro atoms. The molecule has 162 valence electrons. The van der Waals surface area contributed by atoms with Gasteiger partial charge in [-0.15, -0.1) is 11.3 Å². The second-order valence-electron chi connectivity index (χ2n) is 7.66. The second kappa shape index (κ2) is 7.80. The molecule has 0 aliphatic carbocycles. The summed E-state index contributed by atoms with van der Waals surface area (Å²) in [6.45, 7) is 3.91. The normalized spacial score (nSPS) is 15.4. The lowest BCUT2D eigenvalue weighted by atomic mass is 9.98. The van der Waals surface area contributed by atoms with Crippen LogP contribution in [0, 0.1) is 0 Å². The van der Waals surface area contributed by atoms with Crippen molar-refractivity contribution < 1.29 is 18.7 Å². The van der Waals surface area contributed by atoms with Crippen molar-refractivity contribution in [3.8, 4) is 11.5 Å². The summed E-state index contributed by atoms with van der Waals surface area (Å²) >= 11 is 1.33. The Morgan fingerprint density at radius 2 is 1.84 bits per heavy atom. The summed E-state index contributed by atoms with van der Waals surface area (Å²) in [6, 6.07) is 11.7. The fourth-order valence-corrected chi connectivity index (χ4v) is 4.59. The number of carbonyl (C=O) groups excluding carboxylic acids is 1. The van der Waals surface area contributed by atoms with E-state index < -0.39 is 11.9 Å². The van der Waals surface area contributed by atoms with E-state index in [-0.39, 0.29) is 17.3 Å². The first-order chi connectivity index (χ1) is 15.5. The molecule has 1 atom stereocenters. The van der Waals surface area contributed by atoms with Crippen molar-refractivity contribution in [2.24, 2.45) is 0 Å². The van der Waals surface area contributed by atoms with Crippen LogP contribution in [0.2, 0.25) is 0 Å². The fourth-order valence-electron chi connectivity index (χ4n) is 3.93. The number of ether oxygens (including phenoxy) is 2. The highest BCUT2D eigenvalue weighted by atomic mass is 32.1. The highest BCUT2D eigenvalue weighted by Crippen LogP contribution is 2.42. The van der Waals surface area contributed by atoms with E-state index in [9.17, 15) is 9.59 Å². The third-order valence-electron chi connectivity index (χ3n) is 5.27. The highest BCUT2D eigenvalue weighted by molar-refractivity contribution is 7.13. The number of anilines is 1. The third kappa shape index (κ3) is 3.23. The van der Waals surface area contributed by atoms with Gasteiger partial charge in [0.15, 0.2) is 10.6 Å². The van der Waals surface area contributed by atoms with Crippen LogP contribution in [0.5, 0.6) is 11.5 Å². The lowest BCUT2D eigenvalue weighted by Crippen LogP contribution is -2.29. The van der Waals surface area contributed by atoms with Gasteiger partial charge in [-0.25, -0.2) is 4.98 Å². The van der Waals surface area contributed by atoms with Gasteiger partial charge in [0, 0.05) is 17.6 Å². The van der Waals surface area contributed by atoms with Crippen molar-refractivity contribution in [3.05, 3.63) is 81.2 Å². The van der Waals surface area contributed by atoms with Gasteiger partial charge in [-0.3, -0.25) is 14.5 Å². The molecule has 2 aromatic heterocycles. The zero-order valence-corrected chi connectivity index (χ0v) is 18.5. The molecular weight excluding hydrogens is 428 g/mol. The van der Waals surface area contributed by atoms with Gasteiger partial charge in [-0.05, 0) is 43.7 Å². The van der Waals surface area contributed by atoms with Crippen LogP contribution < -0.4 is 19.8 Å². The van der Waals surface area contributed by atoms with Crippen molar-refractivity contribution in [2.75, 3.05) is 12.0 Å². The number of aromatic nitrogens is 1. The maximum absolute atomic E-state index is 13.6. The predicted octanol–water partition coefficient (Wildman–Crippen LogP) is 4.80. The summed E-state index contributed by atoms with van der Waals surface area (Å²) in [7, 11) is 1.53. The zero-order valence-electron chi connectivity index (χ0n) is 17.7. The molecule has 0 saturated carbocycles. The van der Waals surface area contributed by atoms with Gasteiger partial charge in [-0.1, -0.05) is 12.1 Å². The van der Waals surface area contributed by atoms with E-state index in [4.69, 9.17) is 13.9 Å². The number of hydrogen-bond donors (Lipinski definition) is 0. The Bertz CT molecular complexity index is 1360. The number of nitrogens with zero attached hydrogens (tertiary/aromatic N) is 2. The van der Waals surface area contributed by atoms with E-state index in [1.54, 1.807) is 29.8 Å². The van der Waals surface area contributed by atoms with E-state index in [2.05, 4.69) is 4.98 Å². The SMILES string of the molecule is COc1ccc2c(=O)c3c(oc2c1)C(=O)N(c1nccs1)C3c1ccc(OC(C)C)cc1. The van der Waals surface area contributed by atoms with Crippen LogP contribution in [-0.2, 0) is 0 Å². The Labute approximate surface area is 187 Å². The summed E-state index contributed by atoms with van der Waals surface area (Å²) in [4.78, 5) is 32.8. The van der Waals surface area contributed by atoms with E-state index in [1.165, 1.54) is 23.3 Å². The maximum Gasteiger partial charge on any atom is 0.297 e. The first-order valence-electron chi connectivity index (χ1n) is 10.1. The lowest BCUT2D eigenvalue weighted by Gasteiger charge is -2.22. The van der Waals surface area contributed by atoms with Crippen molar-refractivity contribution in [3.63, 3.8) is 0 Å². The minimum absolute atomic E-state index is 0.0264. The van der Waals surface area contributed by atoms with Crippen LogP contribution in [0.4, 0.5) is 5.13 Å². The lowest BCUT2D eigenvalue weighted by molar-refractivity contribution is 0.0971. The molecule has 3 heterocycles. The van der Waals surface area contributed by atoms with Crippen LogP contribution in [-0.4, -0.2) is 24.1 Å². The average molecular weight is 449 g/mol. The van der Waals surface area contributed by atoms with Crippen LogP contribution in [0.1, 0.15) is 41.6 Å². The van der Waals surface area contributed by atoms with Gasteiger partial charge in [0.2, 0.25) is 5.76 Å². The summed E-state index contributed by atoms with van der Waals surface area (Å²) in [5.41, 5.74) is 1.13. The van der Waals surface area contributed by atoms with Gasteiger partial charge in [0.1, 0.15) is 17.1 Å². The zero-order chi connectivity index (χ0) is 22.4. The molecule has 0 bridgehead atoms. The molecule has 0 N–H and O–H groups in total. The summed E-state index contributed by atoms with van der Waals surface area (Å²) in [5, 5.41) is 2.68. The number of thiazole rings is 1. The van der Waals surface area contributed by atoms with E-state index >= 15 is 0 Å². The highest BCUT2D eigenvalue weighted by Gasteiger charge is 2.44. The van der Waals surface area contributed by atoms with Gasteiger partial charge in [0.25, 0.3) is 5.91 Å². The molecule has 4 aromatic rings.